The van der Waals surface area contributed by atoms with Gasteiger partial charge < -0.3 is 5.32 Å². The summed E-state index contributed by atoms with van der Waals surface area (Å²) in [5.74, 6) is -1.37. The van der Waals surface area contributed by atoms with Gasteiger partial charge in [0.1, 0.15) is 0 Å². The van der Waals surface area contributed by atoms with Crippen LogP contribution in [0.2, 0.25) is 0 Å². The minimum atomic E-state index is -4.77. The van der Waals surface area contributed by atoms with Crippen LogP contribution in [-0.2, 0) is 4.79 Å². The number of hydrogen-bond acceptors (Lipinski definition) is 2. The Morgan fingerprint density at radius 2 is 1.83 bits per heavy atom. The van der Waals surface area contributed by atoms with Crippen LogP contribution in [0.4, 0.5) is 18.0 Å². The Morgan fingerprint density at radius 3 is 2.00 bits per heavy atom. The van der Waals surface area contributed by atoms with E-state index in [1.807, 2.05) is 0 Å². The number of halogens is 3. The summed E-state index contributed by atoms with van der Waals surface area (Å²) in [7, 11) is 0. The molecule has 2 N–H and O–H groups in total. The fraction of sp³-hybridized carbons (Fsp3) is 0.600. The van der Waals surface area contributed by atoms with Gasteiger partial charge in [-0.25, -0.2) is 4.79 Å². The highest BCUT2D eigenvalue weighted by Gasteiger charge is 2.61. The molecule has 1 atom stereocenters. The number of amides is 3. The lowest BCUT2D eigenvalue weighted by Gasteiger charge is -2.23. The molecule has 0 aliphatic carbocycles. The number of carbonyl (C=O) groups excluding carboxylic acids is 2. The van der Waals surface area contributed by atoms with Crippen LogP contribution in [0.1, 0.15) is 6.92 Å². The second-order valence-corrected chi connectivity index (χ2v) is 2.53. The molecule has 0 saturated carbocycles. The van der Waals surface area contributed by atoms with E-state index in [0.29, 0.717) is 6.92 Å². The molecule has 1 rings (SSSR count). The van der Waals surface area contributed by atoms with E-state index in [-0.39, 0.29) is 0 Å². The smallest absolute Gasteiger partial charge is 0.316 e. The van der Waals surface area contributed by atoms with Crippen LogP contribution in [0, 0.1) is 0 Å². The summed E-state index contributed by atoms with van der Waals surface area (Å²) < 4.78 is 36.3. The van der Waals surface area contributed by atoms with Crippen molar-refractivity contribution >= 4 is 11.9 Å². The van der Waals surface area contributed by atoms with Crippen LogP contribution in [0.25, 0.3) is 0 Å². The first-order chi connectivity index (χ1) is 5.27. The molecule has 1 aliphatic rings. The molecule has 0 aromatic heterocycles. The number of nitrogens with one attached hydrogen (secondary N) is 2. The van der Waals surface area contributed by atoms with Gasteiger partial charge in [0.25, 0.3) is 5.91 Å². The van der Waals surface area contributed by atoms with Crippen LogP contribution >= 0.6 is 0 Å². The Labute approximate surface area is 65.1 Å². The summed E-state index contributed by atoms with van der Waals surface area (Å²) in [6.07, 6.45) is -4.77. The zero-order valence-corrected chi connectivity index (χ0v) is 5.95. The minimum Gasteiger partial charge on any atom is -0.316 e. The van der Waals surface area contributed by atoms with Gasteiger partial charge >= 0.3 is 12.2 Å². The third-order valence-corrected chi connectivity index (χ3v) is 1.61. The fourth-order valence-corrected chi connectivity index (χ4v) is 0.743. The summed E-state index contributed by atoms with van der Waals surface area (Å²) in [5, 5.41) is 3.00. The Kier molecular flexibility index (Phi) is 1.55. The molecular formula is C5H5F3N2O2. The van der Waals surface area contributed by atoms with Gasteiger partial charge in [-0.1, -0.05) is 0 Å². The van der Waals surface area contributed by atoms with Gasteiger partial charge in [0.2, 0.25) is 5.54 Å². The van der Waals surface area contributed by atoms with E-state index in [9.17, 15) is 22.8 Å². The van der Waals surface area contributed by atoms with Crippen molar-refractivity contribution in [2.24, 2.45) is 0 Å². The molecular weight excluding hydrogens is 177 g/mol. The van der Waals surface area contributed by atoms with Crippen molar-refractivity contribution in [2.45, 2.75) is 18.6 Å². The van der Waals surface area contributed by atoms with Crippen LogP contribution in [0.5, 0.6) is 0 Å². The molecule has 1 heterocycles. The first-order valence-electron chi connectivity index (χ1n) is 2.98. The van der Waals surface area contributed by atoms with Crippen LogP contribution in [0.15, 0.2) is 0 Å². The molecule has 7 heteroatoms. The largest absolute Gasteiger partial charge is 0.420 e. The van der Waals surface area contributed by atoms with E-state index in [2.05, 4.69) is 0 Å². The molecule has 1 fully saturated rings. The number of rotatable bonds is 0. The van der Waals surface area contributed by atoms with E-state index in [1.54, 1.807) is 0 Å². The maximum Gasteiger partial charge on any atom is 0.420 e. The second-order valence-electron chi connectivity index (χ2n) is 2.53. The first kappa shape index (κ1) is 8.82. The number of imide groups is 1. The number of alkyl halides is 3. The van der Waals surface area contributed by atoms with Gasteiger partial charge in [0.05, 0.1) is 0 Å². The molecule has 12 heavy (non-hydrogen) atoms. The monoisotopic (exact) mass is 182 g/mol. The van der Waals surface area contributed by atoms with Crippen molar-refractivity contribution in [3.8, 4) is 0 Å². The van der Waals surface area contributed by atoms with Crippen LogP contribution in [0.3, 0.4) is 0 Å². The molecule has 68 valence electrons. The summed E-state index contributed by atoms with van der Waals surface area (Å²) >= 11 is 0. The van der Waals surface area contributed by atoms with Gasteiger partial charge in [-0.05, 0) is 6.92 Å². The molecule has 3 amide bonds. The highest BCUT2D eigenvalue weighted by atomic mass is 19.4. The highest BCUT2D eigenvalue weighted by molar-refractivity contribution is 6.07. The van der Waals surface area contributed by atoms with Crippen molar-refractivity contribution in [3.05, 3.63) is 0 Å². The summed E-state index contributed by atoms with van der Waals surface area (Å²) in [4.78, 5) is 21.0. The molecule has 4 nitrogen and oxygen atoms in total. The third kappa shape index (κ3) is 1.01. The maximum absolute atomic E-state index is 12.1. The summed E-state index contributed by atoms with van der Waals surface area (Å²) in [5.41, 5.74) is -2.79. The fourth-order valence-electron chi connectivity index (χ4n) is 0.743. The molecule has 0 radical (unpaired) electrons. The molecule has 1 saturated heterocycles. The normalized spacial score (nSPS) is 30.0. The first-order valence-corrected chi connectivity index (χ1v) is 2.98. The lowest BCUT2D eigenvalue weighted by molar-refractivity contribution is -0.188. The van der Waals surface area contributed by atoms with Crippen LogP contribution < -0.4 is 10.6 Å². The zero-order chi connectivity index (χ0) is 9.57. The predicted octanol–water partition coefficient (Wildman–Crippen LogP) is 0.147. The Bertz CT molecular complexity index is 250. The molecule has 1 unspecified atom stereocenters. The van der Waals surface area contributed by atoms with Crippen molar-refractivity contribution in [1.82, 2.24) is 10.6 Å². The minimum absolute atomic E-state index is 0.604. The summed E-state index contributed by atoms with van der Waals surface area (Å²) in [6.45, 7) is 0.604. The van der Waals surface area contributed by atoms with Crippen molar-refractivity contribution in [3.63, 3.8) is 0 Å². The van der Waals surface area contributed by atoms with Crippen LogP contribution in [-0.4, -0.2) is 23.7 Å². The average molecular weight is 182 g/mol. The number of carbonyl (C=O) groups is 2. The van der Waals surface area contributed by atoms with E-state index < -0.39 is 23.7 Å². The average Bonchev–Trinajstić information content (AvgIpc) is 2.06. The molecule has 0 aromatic carbocycles. The van der Waals surface area contributed by atoms with Gasteiger partial charge in [-0.2, -0.15) is 13.2 Å². The lowest BCUT2D eigenvalue weighted by atomic mass is 10.0. The zero-order valence-electron chi connectivity index (χ0n) is 5.95. The number of urea groups is 1. The van der Waals surface area contributed by atoms with Crippen molar-refractivity contribution in [1.29, 1.82) is 0 Å². The second kappa shape index (κ2) is 2.11. The summed E-state index contributed by atoms with van der Waals surface area (Å²) in [6, 6.07) is -1.13. The van der Waals surface area contributed by atoms with E-state index >= 15 is 0 Å². The molecule has 0 aromatic rings. The third-order valence-electron chi connectivity index (χ3n) is 1.61. The van der Waals surface area contributed by atoms with E-state index in [1.165, 1.54) is 10.6 Å². The number of hydrogen-bond donors (Lipinski definition) is 2. The Balaban J connectivity index is 3.00. The van der Waals surface area contributed by atoms with Gasteiger partial charge in [-0.15, -0.1) is 0 Å². The van der Waals surface area contributed by atoms with Crippen molar-refractivity contribution in [2.75, 3.05) is 0 Å². The Morgan fingerprint density at radius 1 is 1.33 bits per heavy atom. The SMILES string of the molecule is CC1(C(F)(F)F)NC(=O)NC1=O. The van der Waals surface area contributed by atoms with E-state index in [4.69, 9.17) is 0 Å². The predicted molar refractivity (Wildman–Crippen MR) is 31.1 cm³/mol. The standard InChI is InChI=1S/C5H5F3N2O2/c1-4(5(6,7)8)2(11)9-3(12)10-4/h1H3,(H2,9,10,11,12). The Hall–Kier alpha value is -1.27. The van der Waals surface area contributed by atoms with Crippen molar-refractivity contribution < 1.29 is 22.8 Å². The topological polar surface area (TPSA) is 58.2 Å². The molecule has 1 aliphatic heterocycles. The van der Waals surface area contributed by atoms with E-state index in [0.717, 1.165) is 0 Å². The van der Waals surface area contributed by atoms with Gasteiger partial charge in [0, 0.05) is 0 Å². The molecule has 0 bridgehead atoms. The van der Waals surface area contributed by atoms with Gasteiger partial charge in [-0.3, -0.25) is 10.1 Å². The van der Waals surface area contributed by atoms with Gasteiger partial charge in [0.15, 0.2) is 0 Å². The lowest BCUT2D eigenvalue weighted by Crippen LogP contribution is -2.56. The highest BCUT2D eigenvalue weighted by Crippen LogP contribution is 2.31. The maximum atomic E-state index is 12.1. The molecule has 0 spiro atoms. The quantitative estimate of drug-likeness (QED) is 0.524.